The molecule has 0 saturated carbocycles. The van der Waals surface area contributed by atoms with Crippen molar-refractivity contribution in [2.75, 3.05) is 0 Å². The Morgan fingerprint density at radius 1 is 1.36 bits per heavy atom. The highest BCUT2D eigenvalue weighted by Crippen LogP contribution is 2.02. The fourth-order valence-electron chi connectivity index (χ4n) is 1.01. The molecule has 11 heavy (non-hydrogen) atoms. The molecule has 1 aromatic carbocycles. The molecule has 0 spiro atoms. The van der Waals surface area contributed by atoms with Gasteiger partial charge in [-0.3, -0.25) is 4.72 Å². The lowest BCUT2D eigenvalue weighted by atomic mass is 10.1. The van der Waals surface area contributed by atoms with Gasteiger partial charge in [0.2, 0.25) is 0 Å². The van der Waals surface area contributed by atoms with E-state index in [4.69, 9.17) is 0 Å². The number of benzene rings is 1. The first-order chi connectivity index (χ1) is 5.33. The molecule has 0 aliphatic carbocycles. The van der Waals surface area contributed by atoms with Crippen LogP contribution in [0.25, 0.3) is 0 Å². The molecule has 2 heteroatoms. The Morgan fingerprint density at radius 2 is 2.00 bits per heavy atom. The average Bonchev–Trinajstić information content (AvgIpc) is 2.06. The maximum absolute atomic E-state index is 4.00. The van der Waals surface area contributed by atoms with Crippen LogP contribution in [0.3, 0.4) is 0 Å². The van der Waals surface area contributed by atoms with Gasteiger partial charge in [-0.25, -0.2) is 0 Å². The van der Waals surface area contributed by atoms with Gasteiger partial charge >= 0.3 is 0 Å². The Balaban J connectivity index is 2.51. The first kappa shape index (κ1) is 8.62. The average molecular weight is 167 g/mol. The standard InChI is InChI=1S/C9H13NS/c1-8(10-11)7-9-5-3-2-4-6-9/h2-6,8,10-11H,7H2,1H3. The zero-order valence-corrected chi connectivity index (χ0v) is 7.51. The molecule has 1 N–H and O–H groups in total. The monoisotopic (exact) mass is 167 g/mol. The Hall–Kier alpha value is -0.470. The molecule has 1 aromatic rings. The molecule has 0 fully saturated rings. The molecule has 0 aliphatic rings. The van der Waals surface area contributed by atoms with Crippen molar-refractivity contribution in [3.8, 4) is 0 Å². The number of hydrogen-bond donors (Lipinski definition) is 2. The minimum absolute atomic E-state index is 0.431. The minimum atomic E-state index is 0.431. The van der Waals surface area contributed by atoms with Gasteiger partial charge < -0.3 is 0 Å². The summed E-state index contributed by atoms with van der Waals surface area (Å²) in [7, 11) is 0. The Labute approximate surface area is 73.4 Å². The summed E-state index contributed by atoms with van der Waals surface area (Å²) < 4.78 is 2.91. The maximum Gasteiger partial charge on any atom is 0.0181 e. The third kappa shape index (κ3) is 2.95. The third-order valence-electron chi connectivity index (χ3n) is 1.61. The molecular weight excluding hydrogens is 154 g/mol. The Morgan fingerprint density at radius 3 is 2.55 bits per heavy atom. The van der Waals surface area contributed by atoms with Crippen LogP contribution in [-0.4, -0.2) is 6.04 Å². The summed E-state index contributed by atoms with van der Waals surface area (Å²) >= 11 is 4.00. The molecule has 1 unspecified atom stereocenters. The van der Waals surface area contributed by atoms with E-state index in [0.717, 1.165) is 6.42 Å². The van der Waals surface area contributed by atoms with Gasteiger partial charge in [0.15, 0.2) is 0 Å². The summed E-state index contributed by atoms with van der Waals surface area (Å²) in [6.07, 6.45) is 1.03. The van der Waals surface area contributed by atoms with E-state index >= 15 is 0 Å². The molecule has 0 amide bonds. The van der Waals surface area contributed by atoms with Crippen LogP contribution < -0.4 is 4.72 Å². The molecule has 1 rings (SSSR count). The van der Waals surface area contributed by atoms with E-state index in [9.17, 15) is 0 Å². The van der Waals surface area contributed by atoms with Crippen LogP contribution in [0.1, 0.15) is 12.5 Å². The van der Waals surface area contributed by atoms with Crippen molar-refractivity contribution in [1.29, 1.82) is 0 Å². The van der Waals surface area contributed by atoms with Gasteiger partial charge in [-0.2, -0.15) is 0 Å². The van der Waals surface area contributed by atoms with E-state index in [2.05, 4.69) is 48.7 Å². The summed E-state index contributed by atoms with van der Waals surface area (Å²) in [6, 6.07) is 10.8. The van der Waals surface area contributed by atoms with Crippen LogP contribution in [0.5, 0.6) is 0 Å². The van der Waals surface area contributed by atoms with Crippen LogP contribution in [0, 0.1) is 0 Å². The summed E-state index contributed by atoms with van der Waals surface area (Å²) in [5.41, 5.74) is 1.35. The molecule has 1 nitrogen and oxygen atoms in total. The lowest BCUT2D eigenvalue weighted by Gasteiger charge is -2.07. The number of hydrogen-bond acceptors (Lipinski definition) is 2. The van der Waals surface area contributed by atoms with Crippen LogP contribution >= 0.6 is 12.8 Å². The number of nitrogens with one attached hydrogen (secondary N) is 1. The van der Waals surface area contributed by atoms with Crippen molar-refractivity contribution in [2.24, 2.45) is 0 Å². The Kier molecular flexibility index (Phi) is 3.46. The molecular formula is C9H13NS. The zero-order valence-electron chi connectivity index (χ0n) is 6.62. The van der Waals surface area contributed by atoms with Gasteiger partial charge in [0.05, 0.1) is 0 Å². The van der Waals surface area contributed by atoms with Crippen molar-refractivity contribution in [3.05, 3.63) is 35.9 Å². The van der Waals surface area contributed by atoms with Crippen molar-refractivity contribution in [3.63, 3.8) is 0 Å². The van der Waals surface area contributed by atoms with Gasteiger partial charge in [0.1, 0.15) is 0 Å². The topological polar surface area (TPSA) is 12.0 Å². The van der Waals surface area contributed by atoms with Gasteiger partial charge in [-0.1, -0.05) is 43.1 Å². The Bertz CT molecular complexity index is 198. The molecule has 0 aliphatic heterocycles. The van der Waals surface area contributed by atoms with Gasteiger partial charge in [-0.15, -0.1) is 0 Å². The van der Waals surface area contributed by atoms with Gasteiger partial charge in [-0.05, 0) is 18.9 Å². The van der Waals surface area contributed by atoms with Gasteiger partial charge in [0.25, 0.3) is 0 Å². The summed E-state index contributed by atoms with van der Waals surface area (Å²) in [5, 5.41) is 0. The summed E-state index contributed by atoms with van der Waals surface area (Å²) in [4.78, 5) is 0. The van der Waals surface area contributed by atoms with Crippen molar-refractivity contribution < 1.29 is 0 Å². The normalized spacial score (nSPS) is 12.9. The summed E-state index contributed by atoms with van der Waals surface area (Å²) in [6.45, 7) is 2.11. The second kappa shape index (κ2) is 4.42. The molecule has 0 heterocycles. The van der Waals surface area contributed by atoms with E-state index in [1.165, 1.54) is 5.56 Å². The smallest absolute Gasteiger partial charge is 0.0181 e. The molecule has 0 aromatic heterocycles. The van der Waals surface area contributed by atoms with E-state index in [-0.39, 0.29) is 0 Å². The highest BCUT2D eigenvalue weighted by atomic mass is 32.1. The SMILES string of the molecule is CC(Cc1ccccc1)NS. The first-order valence-corrected chi connectivity index (χ1v) is 4.21. The highest BCUT2D eigenvalue weighted by Gasteiger charge is 1.98. The fourth-order valence-corrected chi connectivity index (χ4v) is 1.10. The largest absolute Gasteiger partial charge is 0.264 e. The van der Waals surface area contributed by atoms with E-state index in [1.54, 1.807) is 0 Å². The lowest BCUT2D eigenvalue weighted by Crippen LogP contribution is -2.18. The van der Waals surface area contributed by atoms with E-state index < -0.39 is 0 Å². The maximum atomic E-state index is 4.00. The molecule has 0 radical (unpaired) electrons. The van der Waals surface area contributed by atoms with E-state index in [1.807, 2.05) is 6.07 Å². The third-order valence-corrected chi connectivity index (χ3v) is 2.05. The molecule has 1 atom stereocenters. The highest BCUT2D eigenvalue weighted by molar-refractivity contribution is 7.78. The van der Waals surface area contributed by atoms with Crippen LogP contribution in [0.2, 0.25) is 0 Å². The minimum Gasteiger partial charge on any atom is -0.264 e. The van der Waals surface area contributed by atoms with Gasteiger partial charge in [0, 0.05) is 6.04 Å². The van der Waals surface area contributed by atoms with Crippen molar-refractivity contribution >= 4 is 12.8 Å². The van der Waals surface area contributed by atoms with Crippen molar-refractivity contribution in [1.82, 2.24) is 4.72 Å². The molecule has 60 valence electrons. The predicted octanol–water partition coefficient (Wildman–Crippen LogP) is 2.05. The second-order valence-corrected chi connectivity index (χ2v) is 2.98. The van der Waals surface area contributed by atoms with Crippen LogP contribution in [-0.2, 0) is 6.42 Å². The fraction of sp³-hybridized carbons (Fsp3) is 0.333. The van der Waals surface area contributed by atoms with Crippen molar-refractivity contribution in [2.45, 2.75) is 19.4 Å². The van der Waals surface area contributed by atoms with E-state index in [0.29, 0.717) is 6.04 Å². The number of rotatable bonds is 3. The predicted molar refractivity (Wildman–Crippen MR) is 51.7 cm³/mol. The molecule has 0 bridgehead atoms. The summed E-state index contributed by atoms with van der Waals surface area (Å²) in [5.74, 6) is 0. The van der Waals surface area contributed by atoms with Crippen LogP contribution in [0.4, 0.5) is 0 Å². The number of thiol groups is 1. The molecule has 0 saturated heterocycles. The quantitative estimate of drug-likeness (QED) is 0.657. The zero-order chi connectivity index (χ0) is 8.10. The van der Waals surface area contributed by atoms with Crippen LogP contribution in [0.15, 0.2) is 30.3 Å². The second-order valence-electron chi connectivity index (χ2n) is 2.72. The first-order valence-electron chi connectivity index (χ1n) is 3.76. The lowest BCUT2D eigenvalue weighted by molar-refractivity contribution is 0.693.